The van der Waals surface area contributed by atoms with Gasteiger partial charge in [-0.2, -0.15) is 0 Å². The zero-order chi connectivity index (χ0) is 18.1. The van der Waals surface area contributed by atoms with E-state index < -0.39 is 0 Å². The Hall–Kier alpha value is -1.34. The van der Waals surface area contributed by atoms with Crippen LogP contribution >= 0.6 is 23.1 Å². The van der Waals surface area contributed by atoms with Gasteiger partial charge >= 0.3 is 0 Å². The van der Waals surface area contributed by atoms with Crippen LogP contribution in [0, 0.1) is 5.92 Å². The number of carbonyl (C=O) groups excluding carboxylic acids is 1. The fourth-order valence-electron chi connectivity index (χ4n) is 3.95. The molecule has 2 aliphatic rings. The number of anilines is 1. The fourth-order valence-corrected chi connectivity index (χ4v) is 6.15. The molecule has 2 aromatic heterocycles. The topological polar surface area (TPSA) is 72.1 Å². The summed E-state index contributed by atoms with van der Waals surface area (Å²) in [5.41, 5.74) is 7.64. The van der Waals surface area contributed by atoms with Crippen LogP contribution in [0.25, 0.3) is 10.2 Å². The molecule has 1 atom stereocenters. The van der Waals surface area contributed by atoms with Crippen LogP contribution in [0.5, 0.6) is 0 Å². The Balaban J connectivity index is 1.49. The van der Waals surface area contributed by atoms with E-state index in [1.807, 2.05) is 4.90 Å². The molecule has 140 valence electrons. The number of aromatic nitrogens is 2. The Labute approximate surface area is 162 Å². The van der Waals surface area contributed by atoms with E-state index in [1.54, 1.807) is 11.3 Å². The van der Waals surface area contributed by atoms with Crippen LogP contribution in [0.1, 0.15) is 49.5 Å². The largest absolute Gasteiger partial charge is 0.383 e. The molecule has 1 amide bonds. The Morgan fingerprint density at radius 1 is 1.27 bits per heavy atom. The van der Waals surface area contributed by atoms with E-state index in [9.17, 15) is 4.79 Å². The van der Waals surface area contributed by atoms with Crippen LogP contribution < -0.4 is 5.73 Å². The zero-order valence-corrected chi connectivity index (χ0v) is 16.9. The highest BCUT2D eigenvalue weighted by atomic mass is 32.2. The molecule has 1 fully saturated rings. The summed E-state index contributed by atoms with van der Waals surface area (Å²) in [6, 6.07) is 0. The number of rotatable bonds is 3. The number of nitrogen functional groups attached to an aromatic ring is 1. The average molecular weight is 391 g/mol. The van der Waals surface area contributed by atoms with Gasteiger partial charge in [0.25, 0.3) is 0 Å². The molecular weight excluding hydrogens is 364 g/mol. The van der Waals surface area contributed by atoms with E-state index in [4.69, 9.17) is 10.7 Å². The summed E-state index contributed by atoms with van der Waals surface area (Å²) >= 11 is 3.17. The van der Waals surface area contributed by atoms with Crippen LogP contribution in [-0.4, -0.2) is 39.6 Å². The third-order valence-corrected chi connectivity index (χ3v) is 7.43. The van der Waals surface area contributed by atoms with Gasteiger partial charge in [0.2, 0.25) is 5.91 Å². The normalized spacial score (nSPS) is 20.8. The van der Waals surface area contributed by atoms with Crippen molar-refractivity contribution in [1.82, 2.24) is 14.9 Å². The van der Waals surface area contributed by atoms with Gasteiger partial charge in [-0.1, -0.05) is 31.5 Å². The molecule has 4 rings (SSSR count). The number of thioether (sulfide) groups is 1. The highest BCUT2D eigenvalue weighted by Gasteiger charge is 2.23. The Bertz CT molecular complexity index is 811. The van der Waals surface area contributed by atoms with Gasteiger partial charge in [-0.05, 0) is 43.6 Å². The van der Waals surface area contributed by atoms with E-state index in [1.165, 1.54) is 41.5 Å². The lowest BCUT2D eigenvalue weighted by Gasteiger charge is -2.19. The number of hydrogen-bond donors (Lipinski definition) is 1. The summed E-state index contributed by atoms with van der Waals surface area (Å²) in [4.78, 5) is 26.1. The molecule has 1 aliphatic heterocycles. The highest BCUT2D eigenvalue weighted by molar-refractivity contribution is 7.99. The van der Waals surface area contributed by atoms with Crippen LogP contribution in [0.3, 0.4) is 0 Å². The summed E-state index contributed by atoms with van der Waals surface area (Å²) in [6.45, 7) is 4.08. The number of aryl methyl sites for hydroxylation is 1. The number of fused-ring (bicyclic) bond motifs is 3. The zero-order valence-electron chi connectivity index (χ0n) is 15.3. The van der Waals surface area contributed by atoms with Gasteiger partial charge in [0.1, 0.15) is 10.6 Å². The molecule has 1 aliphatic carbocycles. The molecule has 1 saturated heterocycles. The number of carbonyl (C=O) groups is 1. The standard InChI is InChI=1S/C19H26N4OS2/c1-12-6-7-13-14(10-12)26-18-16(13)17(20)21-19(22-18)25-11-15(24)23-8-4-2-3-5-9-23/h12H,2-11H2,1H3,(H2,20,21,22). The van der Waals surface area contributed by atoms with E-state index in [2.05, 4.69) is 11.9 Å². The molecular formula is C19H26N4OS2. The maximum Gasteiger partial charge on any atom is 0.233 e. The summed E-state index contributed by atoms with van der Waals surface area (Å²) < 4.78 is 0. The van der Waals surface area contributed by atoms with Crippen molar-refractivity contribution in [3.63, 3.8) is 0 Å². The molecule has 7 heteroatoms. The maximum absolute atomic E-state index is 12.5. The van der Waals surface area contributed by atoms with Crippen molar-refractivity contribution in [3.8, 4) is 0 Å². The van der Waals surface area contributed by atoms with Gasteiger partial charge in [0.05, 0.1) is 11.1 Å². The van der Waals surface area contributed by atoms with Gasteiger partial charge in [-0.3, -0.25) is 4.79 Å². The molecule has 26 heavy (non-hydrogen) atoms. The van der Waals surface area contributed by atoms with Gasteiger partial charge in [0.15, 0.2) is 5.16 Å². The molecule has 2 aromatic rings. The van der Waals surface area contributed by atoms with E-state index in [0.717, 1.165) is 54.9 Å². The quantitative estimate of drug-likeness (QED) is 0.636. The third kappa shape index (κ3) is 3.69. The van der Waals surface area contributed by atoms with Crippen LogP contribution in [-0.2, 0) is 17.6 Å². The molecule has 0 radical (unpaired) electrons. The second kappa shape index (κ2) is 7.72. The fraction of sp³-hybridized carbons (Fsp3) is 0.632. The number of hydrogen-bond acceptors (Lipinski definition) is 6. The van der Waals surface area contributed by atoms with Crippen molar-refractivity contribution in [2.75, 3.05) is 24.6 Å². The van der Waals surface area contributed by atoms with E-state index in [0.29, 0.717) is 16.7 Å². The van der Waals surface area contributed by atoms with Crippen LogP contribution in [0.2, 0.25) is 0 Å². The molecule has 0 spiro atoms. The van der Waals surface area contributed by atoms with Crippen LogP contribution in [0.15, 0.2) is 5.16 Å². The monoisotopic (exact) mass is 390 g/mol. The maximum atomic E-state index is 12.5. The van der Waals surface area contributed by atoms with Gasteiger partial charge in [-0.15, -0.1) is 11.3 Å². The minimum Gasteiger partial charge on any atom is -0.383 e. The molecule has 1 unspecified atom stereocenters. The Morgan fingerprint density at radius 3 is 2.81 bits per heavy atom. The van der Waals surface area contributed by atoms with Crippen molar-refractivity contribution >= 4 is 45.0 Å². The minimum absolute atomic E-state index is 0.193. The number of nitrogens with two attached hydrogens (primary N) is 1. The highest BCUT2D eigenvalue weighted by Crippen LogP contribution is 2.39. The molecule has 3 heterocycles. The number of amides is 1. The second-order valence-corrected chi connectivity index (χ2v) is 9.53. The summed E-state index contributed by atoms with van der Waals surface area (Å²) in [5, 5.41) is 1.69. The molecule has 0 saturated carbocycles. The lowest BCUT2D eigenvalue weighted by molar-refractivity contribution is -0.128. The minimum atomic E-state index is 0.193. The Kier molecular flexibility index (Phi) is 5.36. The van der Waals surface area contributed by atoms with Gasteiger partial charge in [0, 0.05) is 18.0 Å². The molecule has 5 nitrogen and oxygen atoms in total. The second-order valence-electron chi connectivity index (χ2n) is 7.51. The van der Waals surface area contributed by atoms with Crippen molar-refractivity contribution < 1.29 is 4.79 Å². The van der Waals surface area contributed by atoms with E-state index in [-0.39, 0.29) is 5.91 Å². The number of likely N-dealkylation sites (tertiary alicyclic amines) is 1. The van der Waals surface area contributed by atoms with Crippen molar-refractivity contribution in [3.05, 3.63) is 10.4 Å². The third-order valence-electron chi connectivity index (χ3n) is 5.45. The number of thiophene rings is 1. The average Bonchev–Trinajstić information content (AvgIpc) is 2.79. The Morgan fingerprint density at radius 2 is 2.04 bits per heavy atom. The summed E-state index contributed by atoms with van der Waals surface area (Å²) in [6.07, 6.45) is 8.09. The van der Waals surface area contributed by atoms with Crippen molar-refractivity contribution in [2.45, 2.75) is 57.0 Å². The predicted molar refractivity (Wildman–Crippen MR) is 109 cm³/mol. The SMILES string of the molecule is CC1CCc2c(sc3nc(SCC(=O)N4CCCCCC4)nc(N)c23)C1. The first-order chi connectivity index (χ1) is 12.6. The van der Waals surface area contributed by atoms with E-state index >= 15 is 0 Å². The molecule has 0 bridgehead atoms. The molecule has 0 aromatic carbocycles. The lowest BCUT2D eigenvalue weighted by Crippen LogP contribution is -2.33. The first kappa shape index (κ1) is 18.0. The predicted octanol–water partition coefficient (Wildman–Crippen LogP) is 3.89. The van der Waals surface area contributed by atoms with Gasteiger partial charge < -0.3 is 10.6 Å². The lowest BCUT2D eigenvalue weighted by atomic mass is 9.89. The van der Waals surface area contributed by atoms with Gasteiger partial charge in [-0.25, -0.2) is 9.97 Å². The number of nitrogens with zero attached hydrogens (tertiary/aromatic N) is 3. The summed E-state index contributed by atoms with van der Waals surface area (Å²) in [5.74, 6) is 1.89. The first-order valence-electron chi connectivity index (χ1n) is 9.60. The van der Waals surface area contributed by atoms with Crippen molar-refractivity contribution in [2.24, 2.45) is 5.92 Å². The van der Waals surface area contributed by atoms with Crippen LogP contribution in [0.4, 0.5) is 5.82 Å². The first-order valence-corrected chi connectivity index (χ1v) is 11.4. The molecule has 2 N–H and O–H groups in total. The smallest absolute Gasteiger partial charge is 0.233 e. The summed E-state index contributed by atoms with van der Waals surface area (Å²) in [7, 11) is 0. The van der Waals surface area contributed by atoms with Crippen molar-refractivity contribution in [1.29, 1.82) is 0 Å².